The number of isocyanates is 1. The van der Waals surface area contributed by atoms with E-state index in [0.717, 1.165) is 60.9 Å². The van der Waals surface area contributed by atoms with Gasteiger partial charge in [0.25, 0.3) is 0 Å². The minimum Gasteiger partial charge on any atom is -0.504 e. The van der Waals surface area contributed by atoms with Crippen molar-refractivity contribution in [3.8, 4) is 23.0 Å². The molecule has 76 heavy (non-hydrogen) atoms. The van der Waals surface area contributed by atoms with Crippen molar-refractivity contribution in [2.24, 2.45) is 83.1 Å². The highest BCUT2D eigenvalue weighted by Gasteiger charge is 2.69. The summed E-state index contributed by atoms with van der Waals surface area (Å²) in [7, 11) is -1.46. The van der Waals surface area contributed by atoms with Gasteiger partial charge in [0.15, 0.2) is 31.2 Å². The lowest BCUT2D eigenvalue weighted by atomic mass is 9.33. The average molecular weight is 1060 g/mol. The second kappa shape index (κ2) is 19.9. The molecule has 8 aliphatic carbocycles. The van der Waals surface area contributed by atoms with Crippen LogP contribution in [0, 0.1) is 80.8 Å². The van der Waals surface area contributed by atoms with Crippen molar-refractivity contribution in [2.75, 3.05) is 13.1 Å². The molecule has 6 saturated carbocycles. The molecule has 2 aromatic rings. The molecule has 0 radical (unpaired) electrons. The topological polar surface area (TPSA) is 191 Å². The highest BCUT2D eigenvalue weighted by atomic mass is 28.3. The van der Waals surface area contributed by atoms with Crippen LogP contribution in [-0.2, 0) is 15.6 Å². The van der Waals surface area contributed by atoms with Crippen LogP contribution in [0.3, 0.4) is 0 Å². The number of nitrogens with one attached hydrogen (secondary N) is 1. The number of allylic oxidation sites excluding steroid dienone is 2. The minimum absolute atomic E-state index is 0.00167. The lowest BCUT2D eigenvalue weighted by Crippen LogP contribution is -2.65. The zero-order valence-corrected chi connectivity index (χ0v) is 51.0. The van der Waals surface area contributed by atoms with Gasteiger partial charge >= 0.3 is 6.03 Å². The van der Waals surface area contributed by atoms with E-state index in [-0.39, 0.29) is 66.3 Å². The van der Waals surface area contributed by atoms with Crippen LogP contribution < -0.4 is 16.8 Å². The Kier molecular flexibility index (Phi) is 15.2. The van der Waals surface area contributed by atoms with Crippen LogP contribution in [0.25, 0.3) is 12.2 Å². The molecule has 14 atom stereocenters. The molecule has 422 valence electrons. The number of primary amides is 1. The number of amides is 2. The van der Waals surface area contributed by atoms with Crippen LogP contribution >= 0.6 is 0 Å². The number of benzene rings is 2. The summed E-state index contributed by atoms with van der Waals surface area (Å²) in [5.74, 6) is 2.13. The van der Waals surface area contributed by atoms with Crippen LogP contribution in [0.4, 0.5) is 4.79 Å². The number of carbonyl (C=O) groups is 1. The van der Waals surface area contributed by atoms with E-state index in [2.05, 4.69) is 104 Å². The highest BCUT2D eigenvalue weighted by molar-refractivity contribution is 6.74. The first kappa shape index (κ1) is 58.1. The monoisotopic (exact) mass is 1060 g/mol. The molecular weight excluding hydrogens is 961 g/mol. The molecule has 2 aromatic carbocycles. The minimum atomic E-state index is -1.46. The lowest BCUT2D eigenvalue weighted by Gasteiger charge is -2.71. The van der Waals surface area contributed by atoms with Crippen LogP contribution in [0.5, 0.6) is 23.0 Å². The Morgan fingerprint density at radius 3 is 1.38 bits per heavy atom. The van der Waals surface area contributed by atoms with Crippen LogP contribution in [0.15, 0.2) is 28.9 Å². The molecule has 0 aliphatic heterocycles. The summed E-state index contributed by atoms with van der Waals surface area (Å²) in [6.07, 6.45) is 27.7. The van der Waals surface area contributed by atoms with Crippen LogP contribution in [-0.4, -0.2) is 53.9 Å². The summed E-state index contributed by atoms with van der Waals surface area (Å²) < 4.78 is 9.80. The van der Waals surface area contributed by atoms with Crippen LogP contribution in [0.1, 0.15) is 208 Å². The molecule has 0 bridgehead atoms. The Morgan fingerprint density at radius 2 is 1.03 bits per heavy atom. The fraction of sp³-hybridized carbons (Fsp3) is 0.723. The normalized spacial score (nSPS) is 41.3. The zero-order valence-electron chi connectivity index (χ0n) is 51.0. The lowest BCUT2D eigenvalue weighted by molar-refractivity contribution is -0.198. The first-order chi connectivity index (χ1) is 35.5. The number of nitrogens with zero attached hydrogens (tertiary/aromatic N) is 1. The smallest absolute Gasteiger partial charge is 0.312 e. The Balaban J connectivity index is 0.000000191. The predicted molar refractivity (Wildman–Crippen MR) is 315 cm³/mol. The summed E-state index contributed by atoms with van der Waals surface area (Å²) in [6.45, 7) is 38.5. The van der Waals surface area contributed by atoms with Crippen molar-refractivity contribution in [3.05, 3.63) is 57.7 Å². The van der Waals surface area contributed by atoms with Crippen molar-refractivity contribution in [3.63, 3.8) is 0 Å². The molecule has 0 heterocycles. The van der Waals surface area contributed by atoms with E-state index in [1.807, 2.05) is 45.6 Å². The summed E-state index contributed by atoms with van der Waals surface area (Å²) in [5, 5.41) is 44.7. The van der Waals surface area contributed by atoms with E-state index < -0.39 is 14.3 Å². The van der Waals surface area contributed by atoms with Gasteiger partial charge in [0.1, 0.15) is 0 Å². The van der Waals surface area contributed by atoms with Gasteiger partial charge in [-0.25, -0.2) is 14.2 Å². The summed E-state index contributed by atoms with van der Waals surface area (Å²) in [6, 6.07) is 3.27. The summed E-state index contributed by atoms with van der Waals surface area (Å²) >= 11 is 0. The third-order valence-electron chi connectivity index (χ3n) is 24.2. The van der Waals surface area contributed by atoms with E-state index in [4.69, 9.17) is 12.8 Å². The molecule has 11 heteroatoms. The largest absolute Gasteiger partial charge is 0.504 e. The van der Waals surface area contributed by atoms with Crippen LogP contribution in [0.2, 0.25) is 19.6 Å². The molecule has 9 N–H and O–H groups in total. The fourth-order valence-corrected chi connectivity index (χ4v) is 18.8. The maximum Gasteiger partial charge on any atom is 0.312 e. The average Bonchev–Trinajstić information content (AvgIpc) is 3.39. The van der Waals surface area contributed by atoms with E-state index in [1.54, 1.807) is 13.0 Å². The SMILES string of the molecule is C[Si](C)(C)N=C=O.Cc1c(O)c(O)cc2c1C=CC1[C@@]2(C)CC[C@@]2(C)[C@@H]3C[C@](C)(CN)CC[C@]3(C)CC[C@]12C.Cc1c(O)c(O)cc2c1C=CC1[C@@]2(C)CC[C@@]2(C)[C@@H]3C[C@](C)(CNC(N)=O)CC[C@]3(C)CC[C@]12C.[2H]CC. The Labute approximate surface area is 461 Å². The van der Waals surface area contributed by atoms with E-state index in [1.165, 1.54) is 68.9 Å². The van der Waals surface area contributed by atoms with Gasteiger partial charge in [-0.15, -0.1) is 0 Å². The van der Waals surface area contributed by atoms with Gasteiger partial charge in [0, 0.05) is 29.9 Å². The number of hydrogen-bond acceptors (Lipinski definition) is 8. The summed E-state index contributed by atoms with van der Waals surface area (Å²) in [5.41, 5.74) is 19.7. The molecule has 2 unspecified atom stereocenters. The second-order valence-electron chi connectivity index (χ2n) is 29.6. The van der Waals surface area contributed by atoms with Gasteiger partial charge in [0.05, 0.1) is 0 Å². The van der Waals surface area contributed by atoms with Gasteiger partial charge in [-0.05, 0) is 231 Å². The molecule has 0 aromatic heterocycles. The van der Waals surface area contributed by atoms with Crippen molar-refractivity contribution < 1.29 is 31.4 Å². The number of hydrogen-bond donors (Lipinski definition) is 7. The number of phenolic OH excluding ortho intramolecular Hbond substituents is 4. The molecule has 2 amide bonds. The van der Waals surface area contributed by atoms with E-state index in [9.17, 15) is 30.0 Å². The highest BCUT2D eigenvalue weighted by Crippen LogP contribution is 2.77. The Morgan fingerprint density at radius 1 is 0.658 bits per heavy atom. The fourth-order valence-electron chi connectivity index (χ4n) is 18.6. The van der Waals surface area contributed by atoms with Gasteiger partial charge in [0.2, 0.25) is 6.08 Å². The quantitative estimate of drug-likeness (QED) is 0.0686. The Hall–Kier alpha value is -4.05. The second-order valence-corrected chi connectivity index (χ2v) is 34.1. The molecule has 10 nitrogen and oxygen atoms in total. The van der Waals surface area contributed by atoms with E-state index in [0.29, 0.717) is 47.9 Å². The molecular formula is C65H102N4O6Si. The maximum absolute atomic E-state index is 11.5. The van der Waals surface area contributed by atoms with Gasteiger partial charge in [-0.1, -0.05) is 107 Å². The van der Waals surface area contributed by atoms with Crippen molar-refractivity contribution in [2.45, 2.75) is 217 Å². The number of rotatable bonds is 4. The standard InChI is InChI=1S/C30H44N2O3.C29H43NO2.C4H9NOSi.C2H6/c1-18-19-7-8-22-28(4,20(19)15-21(33)24(18)34)12-14-30(6)23-16-26(2,17-32-25(31)35)9-10-27(23,3)11-13-29(22,30)5;1-18-19-7-8-22-27(4,20(19)15-21(31)24(18)32)12-14-29(6)23-16-25(2,17-30)9-10-26(23,3)11-13-28(22,29)5;1-7(2,3)5-4-6;1-2/h7-8,15,22-23,33-34H,9-14,16-17H2,1-6H3,(H3,31,32,35);7-8,15,22-23,31-32H,9-14,16-17,30H2,1-6H3;1-3H3;1-2H3/t22?,23-,26-,27-,28+,29-,30+;22?,23-,25-,26-,27+,28-,29+;;/m11../s1/i;;;1D. The number of carbonyl (C=O) groups excluding carboxylic acids is 2. The Bertz CT molecular complexity index is 2720. The van der Waals surface area contributed by atoms with Gasteiger partial charge < -0.3 is 37.2 Å². The van der Waals surface area contributed by atoms with Gasteiger partial charge in [-0.3, -0.25) is 0 Å². The van der Waals surface area contributed by atoms with Crippen molar-refractivity contribution >= 4 is 32.5 Å². The maximum atomic E-state index is 11.5. The third-order valence-corrected chi connectivity index (χ3v) is 24.9. The van der Waals surface area contributed by atoms with Crippen molar-refractivity contribution in [1.29, 1.82) is 0 Å². The number of phenols is 4. The third kappa shape index (κ3) is 9.31. The predicted octanol–water partition coefficient (Wildman–Crippen LogP) is 15.2. The first-order valence-corrected chi connectivity index (χ1v) is 32.6. The first-order valence-electron chi connectivity index (χ1n) is 29.8. The molecule has 10 rings (SSSR count). The van der Waals surface area contributed by atoms with Crippen molar-refractivity contribution in [1.82, 2.24) is 5.32 Å². The zero-order chi connectivity index (χ0) is 57.5. The molecule has 0 spiro atoms. The molecule has 8 aliphatic rings. The molecule has 0 saturated heterocycles. The molecule has 6 fully saturated rings. The number of aromatic hydroxyl groups is 4. The van der Waals surface area contributed by atoms with Gasteiger partial charge in [-0.2, -0.15) is 0 Å². The summed E-state index contributed by atoms with van der Waals surface area (Å²) in [4.78, 5) is 21.1. The van der Waals surface area contributed by atoms with E-state index >= 15 is 0 Å². The number of nitrogens with two attached hydrogens (primary N) is 2. The number of urea groups is 1. The number of fused-ring (bicyclic) bond motifs is 14.